The van der Waals surface area contributed by atoms with Gasteiger partial charge in [-0.2, -0.15) is 16.8 Å². The summed E-state index contributed by atoms with van der Waals surface area (Å²) in [5.41, 5.74) is 2.04. The Morgan fingerprint density at radius 1 is 0.774 bits per heavy atom. The summed E-state index contributed by atoms with van der Waals surface area (Å²) < 4.78 is 56.4. The molecule has 0 spiro atoms. The van der Waals surface area contributed by atoms with E-state index in [-0.39, 0.29) is 29.2 Å². The second kappa shape index (κ2) is 12.3. The number of aryl methyl sites for hydroxylation is 2. The summed E-state index contributed by atoms with van der Waals surface area (Å²) in [5, 5.41) is 0. The molecule has 0 atom stereocenters. The van der Waals surface area contributed by atoms with Crippen LogP contribution in [0.25, 0.3) is 0 Å². The summed E-state index contributed by atoms with van der Waals surface area (Å²) in [6.45, 7) is 9.92. The molecule has 0 aliphatic heterocycles. The van der Waals surface area contributed by atoms with Gasteiger partial charge < -0.3 is 0 Å². The molecule has 0 saturated carbocycles. The van der Waals surface area contributed by atoms with Crippen molar-refractivity contribution in [1.82, 2.24) is 4.90 Å². The first-order valence-corrected chi connectivity index (χ1v) is 12.8. The van der Waals surface area contributed by atoms with Crippen LogP contribution < -0.4 is 0 Å². The maximum absolute atomic E-state index is 11.8. The van der Waals surface area contributed by atoms with Gasteiger partial charge in [-0.3, -0.25) is 13.3 Å². The van der Waals surface area contributed by atoms with E-state index >= 15 is 0 Å². The predicted molar refractivity (Wildman–Crippen MR) is 122 cm³/mol. The van der Waals surface area contributed by atoms with Crippen molar-refractivity contribution in [2.75, 3.05) is 20.4 Å². The first-order chi connectivity index (χ1) is 14.4. The molecule has 0 aliphatic carbocycles. The van der Waals surface area contributed by atoms with E-state index in [1.165, 1.54) is 0 Å². The van der Waals surface area contributed by atoms with Crippen molar-refractivity contribution >= 4 is 20.2 Å². The van der Waals surface area contributed by atoms with Crippen LogP contribution in [0.1, 0.15) is 38.3 Å². The van der Waals surface area contributed by atoms with Gasteiger partial charge in [0, 0.05) is 6.04 Å². The average molecular weight is 472 g/mol. The molecule has 0 amide bonds. The number of hydrogen-bond acceptors (Lipinski definition) is 7. The smallest absolute Gasteiger partial charge is 0.280 e. The zero-order valence-corrected chi connectivity index (χ0v) is 20.7. The lowest BCUT2D eigenvalue weighted by Gasteiger charge is -2.20. The Morgan fingerprint density at radius 3 is 1.52 bits per heavy atom. The fourth-order valence-electron chi connectivity index (χ4n) is 2.04. The number of nitrogens with zero attached hydrogens (tertiary/aromatic N) is 1. The number of hydrogen-bond donors (Lipinski definition) is 0. The molecule has 174 valence electrons. The molecular formula is C22H33NO6S2. The quantitative estimate of drug-likeness (QED) is 0.402. The van der Waals surface area contributed by atoms with Crippen LogP contribution in [0.2, 0.25) is 0 Å². The van der Waals surface area contributed by atoms with Gasteiger partial charge in [-0.15, -0.1) is 0 Å². The van der Waals surface area contributed by atoms with Crippen molar-refractivity contribution in [3.8, 4) is 0 Å². The molecule has 9 heteroatoms. The third-order valence-corrected chi connectivity index (χ3v) is 6.95. The normalized spacial score (nSPS) is 12.0. The lowest BCUT2D eigenvalue weighted by atomic mass is 10.2. The molecular weight excluding hydrogens is 438 g/mol. The third-order valence-electron chi connectivity index (χ3n) is 4.35. The first kappa shape index (κ1) is 27.3. The average Bonchev–Trinajstić information content (AvgIpc) is 2.71. The molecule has 0 aromatic heterocycles. The lowest BCUT2D eigenvalue weighted by molar-refractivity contribution is 0.130. The molecule has 31 heavy (non-hydrogen) atoms. The van der Waals surface area contributed by atoms with Crippen molar-refractivity contribution in [2.45, 2.75) is 56.9 Å². The van der Waals surface area contributed by atoms with Gasteiger partial charge >= 0.3 is 0 Å². The Balaban J connectivity index is 0.000000316. The standard InChI is InChI=1S/C12H19NO3S.C10H14O3S/c1-10(2)13(4)9-16-17(14,15)12-7-5-11(3)6-8-12;1-3-8-13-14(11,12)10-6-4-9(2)5-7-10/h5-8,10H,9H2,1-4H3;4-7H,3,8H2,1-2H3. The maximum Gasteiger partial charge on any atom is 0.298 e. The second-order valence-corrected chi connectivity index (χ2v) is 10.7. The zero-order chi connectivity index (χ0) is 23.7. The minimum absolute atomic E-state index is 0.0634. The highest BCUT2D eigenvalue weighted by Crippen LogP contribution is 2.14. The Hall–Kier alpha value is -1.78. The minimum atomic E-state index is -3.65. The van der Waals surface area contributed by atoms with Gasteiger partial charge in [0.1, 0.15) is 6.73 Å². The summed E-state index contributed by atoms with van der Waals surface area (Å²) in [6, 6.07) is 13.5. The number of benzene rings is 2. The summed E-state index contributed by atoms with van der Waals surface area (Å²) in [4.78, 5) is 2.22. The second-order valence-electron chi connectivity index (χ2n) is 7.45. The van der Waals surface area contributed by atoms with Gasteiger partial charge in [0.2, 0.25) is 0 Å². The maximum atomic E-state index is 11.8. The van der Waals surface area contributed by atoms with E-state index in [1.807, 2.05) is 46.6 Å². The SMILES string of the molecule is CCCOS(=O)(=O)c1ccc(C)cc1.Cc1ccc(S(=O)(=O)OCN(C)C(C)C)cc1. The molecule has 2 aromatic carbocycles. The van der Waals surface area contributed by atoms with E-state index in [4.69, 9.17) is 8.37 Å². The van der Waals surface area contributed by atoms with Crippen molar-refractivity contribution in [3.05, 3.63) is 59.7 Å². The first-order valence-electron chi connectivity index (χ1n) is 10.0. The third kappa shape index (κ3) is 9.49. The van der Waals surface area contributed by atoms with Crippen LogP contribution in [0, 0.1) is 13.8 Å². The van der Waals surface area contributed by atoms with Crippen molar-refractivity contribution < 1.29 is 25.2 Å². The fourth-order valence-corrected chi connectivity index (χ4v) is 3.94. The minimum Gasteiger partial charge on any atom is -0.280 e. The van der Waals surface area contributed by atoms with E-state index in [1.54, 1.807) is 48.5 Å². The highest BCUT2D eigenvalue weighted by Gasteiger charge is 2.16. The monoisotopic (exact) mass is 471 g/mol. The molecule has 2 aromatic rings. The van der Waals surface area contributed by atoms with E-state index in [2.05, 4.69) is 0 Å². The van der Waals surface area contributed by atoms with Gasteiger partial charge in [0.15, 0.2) is 0 Å². The van der Waals surface area contributed by atoms with Crippen LogP contribution in [0.3, 0.4) is 0 Å². The van der Waals surface area contributed by atoms with Crippen LogP contribution in [0.4, 0.5) is 0 Å². The largest absolute Gasteiger partial charge is 0.298 e. The Morgan fingerprint density at radius 2 is 1.16 bits per heavy atom. The molecule has 0 saturated heterocycles. The number of rotatable bonds is 9. The lowest BCUT2D eigenvalue weighted by Crippen LogP contribution is -2.30. The molecule has 2 rings (SSSR count). The van der Waals surface area contributed by atoms with Crippen LogP contribution in [-0.4, -0.2) is 48.2 Å². The fraction of sp³-hybridized carbons (Fsp3) is 0.455. The highest BCUT2D eigenvalue weighted by molar-refractivity contribution is 7.87. The molecule has 0 heterocycles. The van der Waals surface area contributed by atoms with Gasteiger partial charge in [-0.25, -0.2) is 0 Å². The summed E-state index contributed by atoms with van der Waals surface area (Å²) >= 11 is 0. The predicted octanol–water partition coefficient (Wildman–Crippen LogP) is 4.11. The van der Waals surface area contributed by atoms with Crippen molar-refractivity contribution in [1.29, 1.82) is 0 Å². The van der Waals surface area contributed by atoms with Crippen LogP contribution in [0.15, 0.2) is 58.3 Å². The van der Waals surface area contributed by atoms with E-state index in [9.17, 15) is 16.8 Å². The van der Waals surface area contributed by atoms with Gasteiger partial charge in [0.05, 0.1) is 16.4 Å². The molecule has 0 fully saturated rings. The Kier molecular flexibility index (Phi) is 10.8. The molecule has 0 bridgehead atoms. The topological polar surface area (TPSA) is 90.0 Å². The van der Waals surface area contributed by atoms with E-state index in [0.29, 0.717) is 6.42 Å². The molecule has 0 N–H and O–H groups in total. The molecule has 0 radical (unpaired) electrons. The summed E-state index contributed by atoms with van der Waals surface area (Å²) in [7, 11) is -5.37. The summed E-state index contributed by atoms with van der Waals surface area (Å²) in [6.07, 6.45) is 0.686. The summed E-state index contributed by atoms with van der Waals surface area (Å²) in [5.74, 6) is 0. The zero-order valence-electron chi connectivity index (χ0n) is 19.0. The molecule has 0 aliphatic rings. The van der Waals surface area contributed by atoms with Crippen LogP contribution in [0.5, 0.6) is 0 Å². The molecule has 0 unspecified atom stereocenters. The van der Waals surface area contributed by atoms with Crippen LogP contribution >= 0.6 is 0 Å². The van der Waals surface area contributed by atoms with Gasteiger partial charge in [-0.05, 0) is 65.4 Å². The van der Waals surface area contributed by atoms with E-state index in [0.717, 1.165) is 11.1 Å². The molecule has 7 nitrogen and oxygen atoms in total. The van der Waals surface area contributed by atoms with Crippen LogP contribution in [-0.2, 0) is 28.6 Å². The van der Waals surface area contributed by atoms with E-state index < -0.39 is 20.2 Å². The van der Waals surface area contributed by atoms with Crippen molar-refractivity contribution in [2.24, 2.45) is 0 Å². The van der Waals surface area contributed by atoms with Crippen molar-refractivity contribution in [3.63, 3.8) is 0 Å². The Bertz CT molecular complexity index is 999. The van der Waals surface area contributed by atoms with Gasteiger partial charge in [-0.1, -0.05) is 42.3 Å². The van der Waals surface area contributed by atoms with Gasteiger partial charge in [0.25, 0.3) is 20.2 Å². The Labute approximate surface area is 187 Å². The highest BCUT2D eigenvalue weighted by atomic mass is 32.2.